The van der Waals surface area contributed by atoms with Gasteiger partial charge in [0.05, 0.1) is 12.3 Å². The lowest BCUT2D eigenvalue weighted by Gasteiger charge is -2.23. The van der Waals surface area contributed by atoms with Gasteiger partial charge in [0, 0.05) is 13.1 Å². The number of H-pyrrole nitrogens is 1. The van der Waals surface area contributed by atoms with Crippen LogP contribution in [0.15, 0.2) is 4.90 Å². The van der Waals surface area contributed by atoms with Crippen LogP contribution < -0.4 is 0 Å². The first-order valence-corrected chi connectivity index (χ1v) is 6.93. The van der Waals surface area contributed by atoms with Crippen molar-refractivity contribution in [2.24, 2.45) is 0 Å². The maximum Gasteiger partial charge on any atom is 0.246 e. The highest BCUT2D eigenvalue weighted by atomic mass is 32.2. The highest BCUT2D eigenvalue weighted by molar-refractivity contribution is 7.89. The molecule has 0 bridgehead atoms. The van der Waals surface area contributed by atoms with Gasteiger partial charge in [-0.05, 0) is 20.3 Å². The molecule has 0 amide bonds. The molecule has 0 saturated heterocycles. The fourth-order valence-corrected chi connectivity index (χ4v) is 3.31. The van der Waals surface area contributed by atoms with E-state index in [0.29, 0.717) is 5.69 Å². The van der Waals surface area contributed by atoms with E-state index >= 15 is 0 Å². The molecular weight excluding hydrogens is 242 g/mol. The lowest BCUT2D eigenvalue weighted by molar-refractivity contribution is 0.272. The van der Waals surface area contributed by atoms with Gasteiger partial charge < -0.3 is 5.11 Å². The van der Waals surface area contributed by atoms with Crippen LogP contribution in [0, 0.1) is 6.92 Å². The maximum absolute atomic E-state index is 12.3. The second-order valence-corrected chi connectivity index (χ2v) is 6.00. The van der Waals surface area contributed by atoms with Gasteiger partial charge in [-0.3, -0.25) is 5.10 Å². The number of aromatic amines is 1. The third-order valence-electron chi connectivity index (χ3n) is 2.96. The molecule has 1 atom stereocenters. The second-order valence-electron chi connectivity index (χ2n) is 4.06. The average Bonchev–Trinajstić information content (AvgIpc) is 2.68. The van der Waals surface area contributed by atoms with E-state index in [1.54, 1.807) is 6.92 Å². The van der Waals surface area contributed by atoms with Crippen LogP contribution in [-0.2, 0) is 16.6 Å². The third-order valence-corrected chi connectivity index (χ3v) is 5.14. The summed E-state index contributed by atoms with van der Waals surface area (Å²) >= 11 is 0. The third kappa shape index (κ3) is 2.51. The summed E-state index contributed by atoms with van der Waals surface area (Å²) in [5.41, 5.74) is 0.613. The molecular formula is C10H19N3O3S. The zero-order valence-electron chi connectivity index (χ0n) is 10.6. The average molecular weight is 261 g/mol. The van der Waals surface area contributed by atoms with E-state index in [1.807, 2.05) is 13.8 Å². The van der Waals surface area contributed by atoms with Gasteiger partial charge in [-0.1, -0.05) is 6.92 Å². The Kier molecular flexibility index (Phi) is 4.29. The predicted molar refractivity (Wildman–Crippen MR) is 63.9 cm³/mol. The van der Waals surface area contributed by atoms with Gasteiger partial charge in [-0.2, -0.15) is 9.40 Å². The Balaban J connectivity index is 3.26. The molecule has 0 saturated carbocycles. The Labute approximate surface area is 102 Å². The normalized spacial score (nSPS) is 14.2. The van der Waals surface area contributed by atoms with Crippen molar-refractivity contribution in [3.8, 4) is 0 Å². The zero-order chi connectivity index (χ0) is 13.2. The quantitative estimate of drug-likeness (QED) is 0.814. The fourth-order valence-electron chi connectivity index (χ4n) is 1.56. The van der Waals surface area contributed by atoms with Crippen LogP contribution in [0.4, 0.5) is 0 Å². The Morgan fingerprint density at radius 1 is 1.53 bits per heavy atom. The Bertz CT molecular complexity index is 481. The van der Waals surface area contributed by atoms with Gasteiger partial charge in [-0.25, -0.2) is 8.42 Å². The number of nitrogens with zero attached hydrogens (tertiary/aromatic N) is 2. The van der Waals surface area contributed by atoms with Crippen molar-refractivity contribution in [3.63, 3.8) is 0 Å². The monoisotopic (exact) mass is 261 g/mol. The van der Waals surface area contributed by atoms with Gasteiger partial charge >= 0.3 is 0 Å². The maximum atomic E-state index is 12.3. The van der Waals surface area contributed by atoms with Crippen molar-refractivity contribution in [1.82, 2.24) is 14.5 Å². The fraction of sp³-hybridized carbons (Fsp3) is 0.700. The number of aryl methyl sites for hydroxylation is 1. The van der Waals surface area contributed by atoms with Gasteiger partial charge in [0.2, 0.25) is 10.0 Å². The van der Waals surface area contributed by atoms with E-state index in [0.717, 1.165) is 6.42 Å². The summed E-state index contributed by atoms with van der Waals surface area (Å²) in [7, 11) is -2.06. The van der Waals surface area contributed by atoms with Crippen LogP contribution in [0.25, 0.3) is 0 Å². The zero-order valence-corrected chi connectivity index (χ0v) is 11.4. The smallest absolute Gasteiger partial charge is 0.246 e. The van der Waals surface area contributed by atoms with E-state index in [4.69, 9.17) is 5.11 Å². The molecule has 0 aliphatic heterocycles. The lowest BCUT2D eigenvalue weighted by atomic mass is 10.3. The molecule has 1 aromatic rings. The first-order valence-electron chi connectivity index (χ1n) is 5.49. The summed E-state index contributed by atoms with van der Waals surface area (Å²) in [6.45, 7) is 4.99. The molecule has 7 heteroatoms. The van der Waals surface area contributed by atoms with Gasteiger partial charge in [0.1, 0.15) is 10.6 Å². The molecule has 0 aliphatic carbocycles. The van der Waals surface area contributed by atoms with Crippen molar-refractivity contribution in [2.45, 2.75) is 44.7 Å². The van der Waals surface area contributed by atoms with E-state index in [2.05, 4.69) is 10.2 Å². The second kappa shape index (κ2) is 5.16. The Morgan fingerprint density at radius 3 is 2.59 bits per heavy atom. The molecule has 2 N–H and O–H groups in total. The van der Waals surface area contributed by atoms with E-state index in [9.17, 15) is 8.42 Å². The SMILES string of the molecule is CCC(C)N(C)S(=O)(=O)c1c(CO)n[nH]c1C. The molecule has 17 heavy (non-hydrogen) atoms. The topological polar surface area (TPSA) is 86.3 Å². The molecule has 98 valence electrons. The number of hydrogen-bond donors (Lipinski definition) is 2. The Hall–Kier alpha value is -0.920. The molecule has 0 aromatic carbocycles. The van der Waals surface area contributed by atoms with Crippen LogP contribution in [0.3, 0.4) is 0 Å². The molecule has 0 radical (unpaired) electrons. The summed E-state index contributed by atoms with van der Waals surface area (Å²) in [6, 6.07) is -0.0964. The van der Waals surface area contributed by atoms with Crippen LogP contribution in [0.2, 0.25) is 0 Å². The number of sulfonamides is 1. The van der Waals surface area contributed by atoms with Crippen molar-refractivity contribution >= 4 is 10.0 Å². The minimum atomic E-state index is -3.60. The molecule has 0 fully saturated rings. The van der Waals surface area contributed by atoms with Crippen LogP contribution in [0.1, 0.15) is 31.7 Å². The molecule has 0 aliphatic rings. The van der Waals surface area contributed by atoms with Crippen molar-refractivity contribution in [1.29, 1.82) is 0 Å². The minimum absolute atomic E-state index is 0.0859. The lowest BCUT2D eigenvalue weighted by Crippen LogP contribution is -2.35. The molecule has 1 rings (SSSR count). The first-order chi connectivity index (χ1) is 7.86. The van der Waals surface area contributed by atoms with Gasteiger partial charge in [0.25, 0.3) is 0 Å². The van der Waals surface area contributed by atoms with Crippen molar-refractivity contribution in [2.75, 3.05) is 7.05 Å². The van der Waals surface area contributed by atoms with E-state index < -0.39 is 16.6 Å². The van der Waals surface area contributed by atoms with Crippen LogP contribution in [-0.4, -0.2) is 41.1 Å². The highest BCUT2D eigenvalue weighted by Gasteiger charge is 2.30. The number of nitrogens with one attached hydrogen (secondary N) is 1. The minimum Gasteiger partial charge on any atom is -0.390 e. The number of aliphatic hydroxyl groups is 1. The summed E-state index contributed by atoms with van der Waals surface area (Å²) in [5, 5.41) is 15.5. The number of rotatable bonds is 5. The number of aromatic nitrogens is 2. The summed E-state index contributed by atoms with van der Waals surface area (Å²) in [4.78, 5) is 0.0859. The Morgan fingerprint density at radius 2 is 2.12 bits per heavy atom. The summed E-state index contributed by atoms with van der Waals surface area (Å²) < 4.78 is 26.0. The molecule has 1 heterocycles. The van der Waals surface area contributed by atoms with E-state index in [1.165, 1.54) is 11.4 Å². The summed E-state index contributed by atoms with van der Waals surface area (Å²) in [5.74, 6) is 0. The highest BCUT2D eigenvalue weighted by Crippen LogP contribution is 2.23. The summed E-state index contributed by atoms with van der Waals surface area (Å²) in [6.07, 6.45) is 0.723. The molecule has 0 spiro atoms. The van der Waals surface area contributed by atoms with Gasteiger partial charge in [0.15, 0.2) is 0 Å². The molecule has 1 aromatic heterocycles. The van der Waals surface area contributed by atoms with Crippen LogP contribution >= 0.6 is 0 Å². The van der Waals surface area contributed by atoms with Gasteiger partial charge in [-0.15, -0.1) is 0 Å². The largest absolute Gasteiger partial charge is 0.390 e. The first kappa shape index (κ1) is 14.1. The van der Waals surface area contributed by atoms with E-state index in [-0.39, 0.29) is 16.6 Å². The van der Waals surface area contributed by atoms with Crippen molar-refractivity contribution < 1.29 is 13.5 Å². The number of hydrogen-bond acceptors (Lipinski definition) is 4. The standard InChI is InChI=1S/C10H19N3O3S/c1-5-7(2)13(4)17(15,16)10-8(3)11-12-9(10)6-14/h7,14H,5-6H2,1-4H3,(H,11,12). The molecule has 6 nitrogen and oxygen atoms in total. The molecule has 1 unspecified atom stereocenters. The predicted octanol–water partition coefficient (Wildman–Crippen LogP) is 0.629. The number of aliphatic hydroxyl groups excluding tert-OH is 1. The van der Waals surface area contributed by atoms with Crippen LogP contribution in [0.5, 0.6) is 0 Å². The van der Waals surface area contributed by atoms with Crippen molar-refractivity contribution in [3.05, 3.63) is 11.4 Å².